The third-order valence-corrected chi connectivity index (χ3v) is 6.01. The van der Waals surface area contributed by atoms with Crippen LogP contribution in [0.25, 0.3) is 10.8 Å². The van der Waals surface area contributed by atoms with Crippen molar-refractivity contribution in [1.82, 2.24) is 14.7 Å². The number of rotatable bonds is 8. The zero-order valence-corrected chi connectivity index (χ0v) is 18.7. The second-order valence-corrected chi connectivity index (χ2v) is 8.38. The summed E-state index contributed by atoms with van der Waals surface area (Å²) in [4.78, 5) is 15.2. The first kappa shape index (κ1) is 22.2. The van der Waals surface area contributed by atoms with E-state index in [0.29, 0.717) is 24.9 Å². The Bertz CT molecular complexity index is 1270. The van der Waals surface area contributed by atoms with Crippen molar-refractivity contribution >= 4 is 22.4 Å². The fraction of sp³-hybridized carbons (Fsp3) is 0.231. The lowest BCUT2D eigenvalue weighted by Crippen LogP contribution is -2.32. The van der Waals surface area contributed by atoms with Gasteiger partial charge in [0.15, 0.2) is 0 Å². The van der Waals surface area contributed by atoms with Gasteiger partial charge in [0.2, 0.25) is 0 Å². The average Bonchev–Trinajstić information content (AvgIpc) is 2.81. The van der Waals surface area contributed by atoms with Gasteiger partial charge in [-0.05, 0) is 48.9 Å². The molecule has 0 radical (unpaired) electrons. The van der Waals surface area contributed by atoms with Crippen molar-refractivity contribution in [3.63, 3.8) is 0 Å². The van der Waals surface area contributed by atoms with Crippen molar-refractivity contribution in [1.29, 1.82) is 0 Å². The number of hydrogen-bond donors (Lipinski definition) is 0. The lowest BCUT2D eigenvalue weighted by molar-refractivity contribution is 0.312. The zero-order valence-electron chi connectivity index (χ0n) is 18.0. The number of likely N-dealkylation sites (N-methyl/N-ethyl adjacent to an activating group) is 1. The summed E-state index contributed by atoms with van der Waals surface area (Å²) < 4.78 is 14.8. The largest absolute Gasteiger partial charge is 0.304 e. The second-order valence-electron chi connectivity index (χ2n) is 7.97. The summed E-state index contributed by atoms with van der Waals surface area (Å²) in [5, 5.41) is 6.95. The van der Waals surface area contributed by atoms with Crippen LogP contribution in [0.4, 0.5) is 4.39 Å². The predicted octanol–water partition coefficient (Wildman–Crippen LogP) is 4.95. The van der Waals surface area contributed by atoms with Crippen LogP contribution in [0, 0.1) is 5.82 Å². The van der Waals surface area contributed by atoms with E-state index in [9.17, 15) is 9.18 Å². The number of hydrogen-bond acceptors (Lipinski definition) is 3. The minimum atomic E-state index is -0.267. The fourth-order valence-corrected chi connectivity index (χ4v) is 4.00. The normalized spacial score (nSPS) is 11.4. The zero-order chi connectivity index (χ0) is 22.5. The van der Waals surface area contributed by atoms with Crippen LogP contribution in [-0.4, -0.2) is 34.8 Å². The molecule has 6 heteroatoms. The highest BCUT2D eigenvalue weighted by molar-refractivity contribution is 6.31. The van der Waals surface area contributed by atoms with Crippen molar-refractivity contribution in [3.8, 4) is 0 Å². The van der Waals surface area contributed by atoms with Crippen LogP contribution in [0.2, 0.25) is 5.02 Å². The smallest absolute Gasteiger partial charge is 0.274 e. The minimum absolute atomic E-state index is 0.0945. The predicted molar refractivity (Wildman–Crippen MR) is 128 cm³/mol. The molecule has 3 aromatic carbocycles. The molecule has 0 aliphatic carbocycles. The maximum atomic E-state index is 13.3. The van der Waals surface area contributed by atoms with Crippen molar-refractivity contribution in [2.75, 3.05) is 20.1 Å². The molecule has 0 atom stereocenters. The number of halogens is 2. The van der Waals surface area contributed by atoms with Gasteiger partial charge in [0.25, 0.3) is 5.56 Å². The maximum Gasteiger partial charge on any atom is 0.274 e. The van der Waals surface area contributed by atoms with E-state index >= 15 is 0 Å². The molecule has 0 bridgehead atoms. The molecule has 0 spiro atoms. The van der Waals surface area contributed by atoms with Crippen LogP contribution in [0.1, 0.15) is 16.8 Å². The van der Waals surface area contributed by atoms with E-state index in [1.807, 2.05) is 55.6 Å². The summed E-state index contributed by atoms with van der Waals surface area (Å²) in [6.45, 7) is 2.00. The van der Waals surface area contributed by atoms with Gasteiger partial charge in [-0.25, -0.2) is 9.07 Å². The Morgan fingerprint density at radius 2 is 1.62 bits per heavy atom. The monoisotopic (exact) mass is 449 g/mol. The first-order valence-corrected chi connectivity index (χ1v) is 11.0. The van der Waals surface area contributed by atoms with Crippen LogP contribution >= 0.6 is 11.6 Å². The van der Waals surface area contributed by atoms with Crippen molar-refractivity contribution < 1.29 is 4.39 Å². The molecule has 4 rings (SSSR count). The molecule has 0 aliphatic heterocycles. The lowest BCUT2D eigenvalue weighted by atomic mass is 10.0. The summed E-state index contributed by atoms with van der Waals surface area (Å²) in [6, 6.07) is 21.8. The summed E-state index contributed by atoms with van der Waals surface area (Å²) in [5.41, 5.74) is 2.78. The standard InChI is InChI=1S/C26H25ClFN3O/c1-30(15-14-20-6-2-5-9-24(20)27)16-17-31-26(32)23-8-4-3-7-22(23)25(29-31)18-19-10-12-21(28)13-11-19/h2-13H,14-18H2,1H3. The Balaban J connectivity index is 1.51. The molecule has 0 fully saturated rings. The molecule has 0 amide bonds. The number of nitrogens with zero attached hydrogens (tertiary/aromatic N) is 3. The minimum Gasteiger partial charge on any atom is -0.304 e. The van der Waals surface area contributed by atoms with Crippen LogP contribution in [0.5, 0.6) is 0 Å². The highest BCUT2D eigenvalue weighted by Crippen LogP contribution is 2.18. The molecule has 4 nitrogen and oxygen atoms in total. The molecule has 0 saturated carbocycles. The molecule has 0 unspecified atom stereocenters. The Kier molecular flexibility index (Phi) is 6.98. The third kappa shape index (κ3) is 5.23. The quantitative estimate of drug-likeness (QED) is 0.382. The molecule has 0 N–H and O–H groups in total. The highest BCUT2D eigenvalue weighted by Gasteiger charge is 2.12. The van der Waals surface area contributed by atoms with Gasteiger partial charge < -0.3 is 4.90 Å². The Labute approximate surface area is 191 Å². The topological polar surface area (TPSA) is 38.1 Å². The van der Waals surface area contributed by atoms with E-state index in [1.54, 1.807) is 16.8 Å². The molecular formula is C26H25ClFN3O. The van der Waals surface area contributed by atoms with E-state index in [4.69, 9.17) is 11.6 Å². The molecule has 1 aromatic heterocycles. The Morgan fingerprint density at radius 3 is 2.38 bits per heavy atom. The van der Waals surface area contributed by atoms with Crippen LogP contribution in [0.15, 0.2) is 77.6 Å². The van der Waals surface area contributed by atoms with Crippen LogP contribution in [-0.2, 0) is 19.4 Å². The molecular weight excluding hydrogens is 425 g/mol. The van der Waals surface area contributed by atoms with Gasteiger partial charge in [-0.1, -0.05) is 60.1 Å². The van der Waals surface area contributed by atoms with Gasteiger partial charge in [-0.2, -0.15) is 5.10 Å². The third-order valence-electron chi connectivity index (χ3n) is 5.64. The van der Waals surface area contributed by atoms with Gasteiger partial charge in [0.1, 0.15) is 5.82 Å². The van der Waals surface area contributed by atoms with Crippen LogP contribution < -0.4 is 5.56 Å². The van der Waals surface area contributed by atoms with Crippen molar-refractivity contribution in [2.45, 2.75) is 19.4 Å². The molecule has 0 saturated heterocycles. The first-order chi connectivity index (χ1) is 15.5. The number of fused-ring (bicyclic) bond motifs is 1. The van der Waals surface area contributed by atoms with E-state index in [0.717, 1.165) is 40.2 Å². The molecule has 1 heterocycles. The van der Waals surface area contributed by atoms with E-state index < -0.39 is 0 Å². The second kappa shape index (κ2) is 10.1. The van der Waals surface area contributed by atoms with Crippen molar-refractivity contribution in [3.05, 3.63) is 111 Å². The summed E-state index contributed by atoms with van der Waals surface area (Å²) >= 11 is 6.25. The van der Waals surface area contributed by atoms with Gasteiger partial charge >= 0.3 is 0 Å². The molecule has 164 valence electrons. The van der Waals surface area contributed by atoms with Gasteiger partial charge in [0.05, 0.1) is 17.6 Å². The summed E-state index contributed by atoms with van der Waals surface area (Å²) in [7, 11) is 2.03. The lowest BCUT2D eigenvalue weighted by Gasteiger charge is -2.18. The maximum absolute atomic E-state index is 13.3. The molecule has 0 aliphatic rings. The first-order valence-electron chi connectivity index (χ1n) is 10.7. The van der Waals surface area contributed by atoms with Gasteiger partial charge in [-0.3, -0.25) is 4.79 Å². The Hall–Kier alpha value is -3.02. The van der Waals surface area contributed by atoms with E-state index in [-0.39, 0.29) is 11.4 Å². The highest BCUT2D eigenvalue weighted by atomic mass is 35.5. The van der Waals surface area contributed by atoms with E-state index in [1.165, 1.54) is 12.1 Å². The number of benzene rings is 3. The Morgan fingerprint density at radius 1 is 0.938 bits per heavy atom. The van der Waals surface area contributed by atoms with Gasteiger partial charge in [-0.15, -0.1) is 0 Å². The molecule has 32 heavy (non-hydrogen) atoms. The summed E-state index contributed by atoms with van der Waals surface area (Å²) in [5.74, 6) is -0.267. The summed E-state index contributed by atoms with van der Waals surface area (Å²) in [6.07, 6.45) is 1.37. The SMILES string of the molecule is CN(CCc1ccccc1Cl)CCn1nc(Cc2ccc(F)cc2)c2ccccc2c1=O. The van der Waals surface area contributed by atoms with Crippen LogP contribution in [0.3, 0.4) is 0 Å². The average molecular weight is 450 g/mol. The van der Waals surface area contributed by atoms with E-state index in [2.05, 4.69) is 10.00 Å². The molecule has 4 aromatic rings. The van der Waals surface area contributed by atoms with Gasteiger partial charge in [0, 0.05) is 29.9 Å². The fourth-order valence-electron chi connectivity index (χ4n) is 3.77. The number of aromatic nitrogens is 2. The van der Waals surface area contributed by atoms with Crippen molar-refractivity contribution in [2.24, 2.45) is 0 Å².